The Hall–Kier alpha value is -3.68. The Morgan fingerprint density at radius 2 is 1.57 bits per heavy atom. The van der Waals surface area contributed by atoms with Gasteiger partial charge in [-0.3, -0.25) is 28.4 Å². The highest BCUT2D eigenvalue weighted by atomic mass is 16.2. The number of aryl methyl sites for hydroxylation is 2. The smallest absolute Gasteiger partial charge is 0.326 e. The molecule has 0 atom stereocenters. The van der Waals surface area contributed by atoms with E-state index in [4.69, 9.17) is 0 Å². The van der Waals surface area contributed by atoms with E-state index in [0.29, 0.717) is 5.69 Å². The number of hydrogen-bond donors (Lipinski definition) is 1. The van der Waals surface area contributed by atoms with Gasteiger partial charge in [0.15, 0.2) is 0 Å². The van der Waals surface area contributed by atoms with Gasteiger partial charge in [0.1, 0.15) is 0 Å². The maximum Gasteiger partial charge on any atom is 0.328 e. The molecular formula is C22H22N4O4. The number of aromatic nitrogens is 2. The zero-order valence-corrected chi connectivity index (χ0v) is 16.6. The second kappa shape index (κ2) is 7.98. The predicted molar refractivity (Wildman–Crippen MR) is 112 cm³/mol. The van der Waals surface area contributed by atoms with Crippen LogP contribution in [0.4, 0.5) is 5.69 Å². The minimum atomic E-state index is -0.201. The number of rotatable bonds is 6. The molecule has 1 aliphatic heterocycles. The number of imide groups is 1. The second-order valence-corrected chi connectivity index (χ2v) is 7.35. The molecule has 2 heterocycles. The Bertz CT molecular complexity index is 1170. The first-order valence-corrected chi connectivity index (χ1v) is 9.80. The summed E-state index contributed by atoms with van der Waals surface area (Å²) in [4.78, 5) is 49.5. The third-order valence-electron chi connectivity index (χ3n) is 5.35. The first-order chi connectivity index (χ1) is 14.4. The number of benzene rings is 2. The molecule has 0 spiro atoms. The number of nitrogens with one attached hydrogen (secondary N) is 1. The number of amides is 3. The lowest BCUT2D eigenvalue weighted by atomic mass is 10.2. The van der Waals surface area contributed by atoms with Crippen molar-refractivity contribution < 1.29 is 14.4 Å². The first kappa shape index (κ1) is 19.6. The van der Waals surface area contributed by atoms with Crippen LogP contribution in [0.5, 0.6) is 0 Å². The molecule has 2 aromatic carbocycles. The second-order valence-electron chi connectivity index (χ2n) is 7.35. The van der Waals surface area contributed by atoms with Gasteiger partial charge in [0.2, 0.25) is 17.7 Å². The minimum absolute atomic E-state index is 0.152. The van der Waals surface area contributed by atoms with E-state index < -0.39 is 0 Å². The van der Waals surface area contributed by atoms with E-state index >= 15 is 0 Å². The Labute approximate surface area is 172 Å². The molecule has 3 amide bonds. The summed E-state index contributed by atoms with van der Waals surface area (Å²) in [7, 11) is 1.71. The fourth-order valence-electron chi connectivity index (χ4n) is 3.69. The number of hydrogen-bond acceptors (Lipinski definition) is 4. The highest BCUT2D eigenvalue weighted by Gasteiger charge is 2.28. The van der Waals surface area contributed by atoms with Crippen molar-refractivity contribution in [3.63, 3.8) is 0 Å². The zero-order chi connectivity index (χ0) is 21.3. The number of likely N-dealkylation sites (tertiary alicyclic amines) is 1. The number of carbonyl (C=O) groups excluding carboxylic acids is 3. The van der Waals surface area contributed by atoms with Crippen LogP contribution in [0.15, 0.2) is 53.3 Å². The summed E-state index contributed by atoms with van der Waals surface area (Å²) in [5, 5.41) is 2.82. The van der Waals surface area contributed by atoms with E-state index in [9.17, 15) is 19.2 Å². The van der Waals surface area contributed by atoms with Crippen molar-refractivity contribution in [1.82, 2.24) is 14.0 Å². The van der Waals surface area contributed by atoms with Gasteiger partial charge in [0.05, 0.1) is 17.6 Å². The SMILES string of the molecule is Cn1c(=O)n(CCC(=O)Nc2ccc(CN3C(=O)CCC3=O)cc2)c2ccccc21. The normalized spacial score (nSPS) is 14.0. The molecule has 30 heavy (non-hydrogen) atoms. The van der Waals surface area contributed by atoms with Crippen LogP contribution in [0, 0.1) is 0 Å². The largest absolute Gasteiger partial charge is 0.328 e. The van der Waals surface area contributed by atoms with Gasteiger partial charge >= 0.3 is 5.69 Å². The van der Waals surface area contributed by atoms with Gasteiger partial charge in [-0.1, -0.05) is 24.3 Å². The molecule has 1 aromatic heterocycles. The molecule has 0 radical (unpaired) electrons. The molecule has 0 saturated carbocycles. The van der Waals surface area contributed by atoms with E-state index in [1.165, 1.54) is 4.90 Å². The summed E-state index contributed by atoms with van der Waals surface area (Å²) in [5.41, 5.74) is 2.91. The van der Waals surface area contributed by atoms with E-state index in [-0.39, 0.29) is 55.8 Å². The number of carbonyl (C=O) groups is 3. The number of imidazole rings is 1. The van der Waals surface area contributed by atoms with Crippen molar-refractivity contribution >= 4 is 34.4 Å². The average molecular weight is 406 g/mol. The molecule has 8 heteroatoms. The van der Waals surface area contributed by atoms with Crippen LogP contribution in [0.2, 0.25) is 0 Å². The Morgan fingerprint density at radius 1 is 0.933 bits per heavy atom. The standard InChI is InChI=1S/C22H22N4O4/c1-24-17-4-2-3-5-18(17)25(22(24)30)13-12-19(27)23-16-8-6-15(7-9-16)14-26-20(28)10-11-21(26)29/h2-9H,10-14H2,1H3,(H,23,27). The monoisotopic (exact) mass is 406 g/mol. The van der Waals surface area contributed by atoms with E-state index in [0.717, 1.165) is 16.6 Å². The van der Waals surface area contributed by atoms with Gasteiger partial charge in [0.25, 0.3) is 0 Å². The predicted octanol–water partition coefficient (Wildman–Crippen LogP) is 2.02. The summed E-state index contributed by atoms with van der Waals surface area (Å²) < 4.78 is 3.17. The molecule has 154 valence electrons. The van der Waals surface area contributed by atoms with Crippen LogP contribution < -0.4 is 11.0 Å². The summed E-state index contributed by atoms with van der Waals surface area (Å²) in [6.07, 6.45) is 0.700. The highest BCUT2D eigenvalue weighted by molar-refractivity contribution is 6.01. The van der Waals surface area contributed by atoms with Gasteiger partial charge in [-0.05, 0) is 29.8 Å². The topological polar surface area (TPSA) is 93.4 Å². The molecule has 0 unspecified atom stereocenters. The van der Waals surface area contributed by atoms with Crippen LogP contribution in [0.25, 0.3) is 11.0 Å². The summed E-state index contributed by atoms with van der Waals surface area (Å²) >= 11 is 0. The maximum atomic E-state index is 12.4. The maximum absolute atomic E-state index is 12.4. The number of para-hydroxylation sites is 2. The van der Waals surface area contributed by atoms with Gasteiger partial charge < -0.3 is 5.32 Å². The van der Waals surface area contributed by atoms with Crippen molar-refractivity contribution in [2.24, 2.45) is 7.05 Å². The number of anilines is 1. The molecular weight excluding hydrogens is 384 g/mol. The zero-order valence-electron chi connectivity index (χ0n) is 16.6. The van der Waals surface area contributed by atoms with Crippen molar-refractivity contribution in [2.45, 2.75) is 32.4 Å². The van der Waals surface area contributed by atoms with Crippen LogP contribution >= 0.6 is 0 Å². The van der Waals surface area contributed by atoms with Crippen LogP contribution in [0.3, 0.4) is 0 Å². The van der Waals surface area contributed by atoms with Crippen LogP contribution in [-0.2, 0) is 34.5 Å². The lowest BCUT2D eigenvalue weighted by molar-refractivity contribution is -0.139. The third-order valence-corrected chi connectivity index (χ3v) is 5.35. The summed E-state index contributed by atoms with van der Waals surface area (Å²) in [6, 6.07) is 14.5. The van der Waals surface area contributed by atoms with E-state index in [1.807, 2.05) is 24.3 Å². The molecule has 1 fully saturated rings. The molecule has 0 aliphatic carbocycles. The Kier molecular flexibility index (Phi) is 5.22. The highest BCUT2D eigenvalue weighted by Crippen LogP contribution is 2.18. The van der Waals surface area contributed by atoms with Crippen molar-refractivity contribution in [3.05, 3.63) is 64.6 Å². The lowest BCUT2D eigenvalue weighted by Crippen LogP contribution is -2.28. The molecule has 8 nitrogen and oxygen atoms in total. The average Bonchev–Trinajstić information content (AvgIpc) is 3.19. The first-order valence-electron chi connectivity index (χ1n) is 9.80. The van der Waals surface area contributed by atoms with Gasteiger partial charge in [-0.25, -0.2) is 4.79 Å². The lowest BCUT2D eigenvalue weighted by Gasteiger charge is -2.14. The van der Waals surface area contributed by atoms with Crippen LogP contribution in [-0.4, -0.2) is 31.8 Å². The summed E-state index contributed by atoms with van der Waals surface area (Å²) in [6.45, 7) is 0.527. The molecule has 3 aromatic rings. The van der Waals surface area contributed by atoms with Crippen molar-refractivity contribution in [3.8, 4) is 0 Å². The fourth-order valence-corrected chi connectivity index (χ4v) is 3.69. The molecule has 1 aliphatic rings. The van der Waals surface area contributed by atoms with Gasteiger partial charge in [-0.2, -0.15) is 0 Å². The number of nitrogens with zero attached hydrogens (tertiary/aromatic N) is 3. The third kappa shape index (κ3) is 3.76. The number of fused-ring (bicyclic) bond motifs is 1. The van der Waals surface area contributed by atoms with Crippen molar-refractivity contribution in [1.29, 1.82) is 0 Å². The fraction of sp³-hybridized carbons (Fsp3) is 0.273. The van der Waals surface area contributed by atoms with E-state index in [2.05, 4.69) is 5.32 Å². The Morgan fingerprint density at radius 3 is 2.23 bits per heavy atom. The van der Waals surface area contributed by atoms with Crippen LogP contribution in [0.1, 0.15) is 24.8 Å². The van der Waals surface area contributed by atoms with Gasteiger partial charge in [-0.15, -0.1) is 0 Å². The quantitative estimate of drug-likeness (QED) is 0.634. The molecule has 1 saturated heterocycles. The Balaban J connectivity index is 1.37. The molecule has 4 rings (SSSR count). The molecule has 0 bridgehead atoms. The summed E-state index contributed by atoms with van der Waals surface area (Å²) in [5.74, 6) is -0.505. The van der Waals surface area contributed by atoms with Crippen molar-refractivity contribution in [2.75, 3.05) is 5.32 Å². The van der Waals surface area contributed by atoms with E-state index in [1.54, 1.807) is 40.4 Å². The molecule has 1 N–H and O–H groups in total. The minimum Gasteiger partial charge on any atom is -0.326 e. The van der Waals surface area contributed by atoms with Gasteiger partial charge in [0, 0.05) is 38.5 Å².